The molecule has 1 atom stereocenters. The first kappa shape index (κ1) is 26.4. The topological polar surface area (TPSA) is 115 Å². The standard InChI is InChI=1S/C23H26Cl2N2O6S/c1-26-13-19(18-11-16(24)12-21(25)20(18)14-26)15-4-6-17(7-5-15)34(32,33)27(10-8-23(30)31)9-2-3-22(28)29/h4-7,11-12,19H,2-3,8-10,13-14H2,1H3,(H,28,29)(H,30,31). The summed E-state index contributed by atoms with van der Waals surface area (Å²) in [6.07, 6.45) is -0.506. The molecule has 0 aromatic heterocycles. The summed E-state index contributed by atoms with van der Waals surface area (Å²) >= 11 is 12.7. The van der Waals surface area contributed by atoms with Crippen LogP contribution in [0.3, 0.4) is 0 Å². The summed E-state index contributed by atoms with van der Waals surface area (Å²) in [6, 6.07) is 10.1. The van der Waals surface area contributed by atoms with Crippen molar-refractivity contribution in [3.63, 3.8) is 0 Å². The number of likely N-dealkylation sites (N-methyl/N-ethyl adjacent to an activating group) is 1. The van der Waals surface area contributed by atoms with E-state index in [1.54, 1.807) is 18.2 Å². The van der Waals surface area contributed by atoms with Gasteiger partial charge in [0.2, 0.25) is 10.0 Å². The van der Waals surface area contributed by atoms with E-state index in [2.05, 4.69) is 4.90 Å². The molecule has 8 nitrogen and oxygen atoms in total. The summed E-state index contributed by atoms with van der Waals surface area (Å²) in [5, 5.41) is 19.0. The van der Waals surface area contributed by atoms with E-state index in [0.717, 1.165) is 21.0 Å². The first-order valence-electron chi connectivity index (χ1n) is 10.7. The molecule has 2 aromatic carbocycles. The van der Waals surface area contributed by atoms with Crippen molar-refractivity contribution < 1.29 is 28.2 Å². The van der Waals surface area contributed by atoms with Crippen LogP contribution in [0.5, 0.6) is 0 Å². The van der Waals surface area contributed by atoms with Gasteiger partial charge >= 0.3 is 11.9 Å². The Labute approximate surface area is 208 Å². The lowest BCUT2D eigenvalue weighted by Gasteiger charge is -2.33. The Morgan fingerprint density at radius 1 is 1.06 bits per heavy atom. The molecule has 184 valence electrons. The number of hydrogen-bond donors (Lipinski definition) is 2. The van der Waals surface area contributed by atoms with E-state index < -0.39 is 22.0 Å². The zero-order valence-electron chi connectivity index (χ0n) is 18.6. The van der Waals surface area contributed by atoms with Gasteiger partial charge in [-0.3, -0.25) is 9.59 Å². The maximum Gasteiger partial charge on any atom is 0.304 e. The van der Waals surface area contributed by atoms with E-state index in [1.807, 2.05) is 13.1 Å². The molecule has 1 aliphatic rings. The number of fused-ring (bicyclic) bond motifs is 1. The molecule has 0 amide bonds. The van der Waals surface area contributed by atoms with Gasteiger partial charge in [0.05, 0.1) is 11.3 Å². The maximum atomic E-state index is 13.2. The van der Waals surface area contributed by atoms with E-state index in [9.17, 15) is 18.0 Å². The Bertz CT molecular complexity index is 1170. The monoisotopic (exact) mass is 528 g/mol. The van der Waals surface area contributed by atoms with Gasteiger partial charge in [-0.25, -0.2) is 8.42 Å². The van der Waals surface area contributed by atoms with E-state index in [1.165, 1.54) is 12.1 Å². The highest BCUT2D eigenvalue weighted by atomic mass is 35.5. The lowest BCUT2D eigenvalue weighted by Crippen LogP contribution is -2.34. The highest BCUT2D eigenvalue weighted by Crippen LogP contribution is 2.38. The Kier molecular flexibility index (Phi) is 8.59. The SMILES string of the molecule is CN1Cc2c(Cl)cc(Cl)cc2C(c2ccc(S(=O)(=O)N(CCCC(=O)O)CCC(=O)O)cc2)C1. The molecule has 0 saturated carbocycles. The third-order valence-electron chi connectivity index (χ3n) is 5.79. The van der Waals surface area contributed by atoms with E-state index in [0.29, 0.717) is 23.1 Å². The smallest absolute Gasteiger partial charge is 0.304 e. The molecule has 1 aliphatic heterocycles. The molecule has 1 heterocycles. The zero-order chi connectivity index (χ0) is 25.0. The van der Waals surface area contributed by atoms with Gasteiger partial charge in [0.25, 0.3) is 0 Å². The van der Waals surface area contributed by atoms with Crippen LogP contribution in [-0.4, -0.2) is 66.5 Å². The summed E-state index contributed by atoms with van der Waals surface area (Å²) in [5.41, 5.74) is 2.89. The summed E-state index contributed by atoms with van der Waals surface area (Å²) in [4.78, 5) is 24.0. The first-order valence-corrected chi connectivity index (χ1v) is 12.9. The minimum absolute atomic E-state index is 0.0190. The maximum absolute atomic E-state index is 13.2. The highest BCUT2D eigenvalue weighted by Gasteiger charge is 2.29. The molecule has 0 saturated heterocycles. The fraction of sp³-hybridized carbons (Fsp3) is 0.391. The molecule has 2 N–H and O–H groups in total. The zero-order valence-corrected chi connectivity index (χ0v) is 20.9. The minimum Gasteiger partial charge on any atom is -0.481 e. The van der Waals surface area contributed by atoms with Crippen LogP contribution in [0.1, 0.15) is 41.9 Å². The lowest BCUT2D eigenvalue weighted by atomic mass is 9.85. The molecule has 11 heteroatoms. The molecule has 1 unspecified atom stereocenters. The summed E-state index contributed by atoms with van der Waals surface area (Å²) in [7, 11) is -2.02. The number of sulfonamides is 1. The van der Waals surface area contributed by atoms with Crippen LogP contribution in [-0.2, 0) is 26.2 Å². The third kappa shape index (κ3) is 6.28. The average molecular weight is 529 g/mol. The second-order valence-electron chi connectivity index (χ2n) is 8.32. The van der Waals surface area contributed by atoms with Crippen LogP contribution in [0, 0.1) is 0 Å². The van der Waals surface area contributed by atoms with Gasteiger partial charge in [0.15, 0.2) is 0 Å². The quantitative estimate of drug-likeness (QED) is 0.480. The van der Waals surface area contributed by atoms with Gasteiger partial charge in [-0.05, 0) is 54.4 Å². The van der Waals surface area contributed by atoms with Crippen molar-refractivity contribution >= 4 is 45.2 Å². The Morgan fingerprint density at radius 3 is 2.32 bits per heavy atom. The van der Waals surface area contributed by atoms with Gasteiger partial charge in [-0.15, -0.1) is 0 Å². The largest absolute Gasteiger partial charge is 0.481 e. The van der Waals surface area contributed by atoms with Crippen molar-refractivity contribution in [1.82, 2.24) is 9.21 Å². The summed E-state index contributed by atoms with van der Waals surface area (Å²) in [5.74, 6) is -2.23. The molecule has 0 fully saturated rings. The molecule has 0 spiro atoms. The Balaban J connectivity index is 1.88. The Hall–Kier alpha value is -2.17. The normalized spacial score (nSPS) is 16.4. The fourth-order valence-corrected chi connectivity index (χ4v) is 6.18. The number of benzene rings is 2. The van der Waals surface area contributed by atoms with E-state index >= 15 is 0 Å². The van der Waals surface area contributed by atoms with Crippen LogP contribution >= 0.6 is 23.2 Å². The molecule has 0 bridgehead atoms. The number of carbonyl (C=O) groups is 2. The molecular weight excluding hydrogens is 503 g/mol. The van der Waals surface area contributed by atoms with Crippen LogP contribution in [0.4, 0.5) is 0 Å². The number of nitrogens with zero attached hydrogens (tertiary/aromatic N) is 2. The number of halogens is 2. The van der Waals surface area contributed by atoms with Gasteiger partial charge in [-0.1, -0.05) is 35.3 Å². The predicted molar refractivity (Wildman–Crippen MR) is 129 cm³/mol. The molecular formula is C23H26Cl2N2O6S. The lowest BCUT2D eigenvalue weighted by molar-refractivity contribution is -0.138. The number of hydrogen-bond acceptors (Lipinski definition) is 5. The third-order valence-corrected chi connectivity index (χ3v) is 8.25. The molecule has 3 rings (SSSR count). The first-order chi connectivity index (χ1) is 16.0. The molecule has 2 aromatic rings. The Morgan fingerprint density at radius 2 is 1.71 bits per heavy atom. The van der Waals surface area contributed by atoms with Crippen molar-refractivity contribution in [2.45, 2.75) is 36.6 Å². The van der Waals surface area contributed by atoms with Crippen LogP contribution in [0.25, 0.3) is 0 Å². The minimum atomic E-state index is -4.00. The van der Waals surface area contributed by atoms with E-state index in [-0.39, 0.29) is 43.2 Å². The average Bonchev–Trinajstić information content (AvgIpc) is 2.75. The molecule has 0 aliphatic carbocycles. The van der Waals surface area contributed by atoms with Crippen molar-refractivity contribution in [1.29, 1.82) is 0 Å². The number of carboxylic acids is 2. The van der Waals surface area contributed by atoms with Crippen molar-refractivity contribution in [2.75, 3.05) is 26.7 Å². The summed E-state index contributed by atoms with van der Waals surface area (Å²) in [6.45, 7) is 1.07. The van der Waals surface area contributed by atoms with Crippen molar-refractivity contribution in [3.05, 3.63) is 63.1 Å². The van der Waals surface area contributed by atoms with Crippen LogP contribution < -0.4 is 0 Å². The van der Waals surface area contributed by atoms with E-state index in [4.69, 9.17) is 33.4 Å². The predicted octanol–water partition coefficient (Wildman–Crippen LogP) is 3.90. The fourth-order valence-electron chi connectivity index (χ4n) is 4.13. The second kappa shape index (κ2) is 11.0. The van der Waals surface area contributed by atoms with Gasteiger partial charge in [0.1, 0.15) is 0 Å². The second-order valence-corrected chi connectivity index (χ2v) is 11.1. The number of carboxylic acid groups (broad SMARTS) is 2. The van der Waals surface area contributed by atoms with Crippen molar-refractivity contribution in [3.8, 4) is 0 Å². The number of rotatable bonds is 10. The van der Waals surface area contributed by atoms with Gasteiger partial charge in [0, 0.05) is 48.6 Å². The summed E-state index contributed by atoms with van der Waals surface area (Å²) < 4.78 is 27.4. The van der Waals surface area contributed by atoms with Gasteiger partial charge < -0.3 is 15.1 Å². The van der Waals surface area contributed by atoms with Crippen LogP contribution in [0.15, 0.2) is 41.3 Å². The molecule has 34 heavy (non-hydrogen) atoms. The van der Waals surface area contributed by atoms with Crippen LogP contribution in [0.2, 0.25) is 10.0 Å². The highest BCUT2D eigenvalue weighted by molar-refractivity contribution is 7.89. The van der Waals surface area contributed by atoms with Gasteiger partial charge in [-0.2, -0.15) is 4.31 Å². The number of aliphatic carboxylic acids is 2. The van der Waals surface area contributed by atoms with Crippen molar-refractivity contribution in [2.24, 2.45) is 0 Å². The molecule has 0 radical (unpaired) electrons.